The molecule has 0 aliphatic carbocycles. The van der Waals surface area contributed by atoms with Crippen LogP contribution in [0.3, 0.4) is 0 Å². The number of hydrogen-bond acceptors (Lipinski definition) is 5. The van der Waals surface area contributed by atoms with Crippen LogP contribution in [0.15, 0.2) is 102 Å². The van der Waals surface area contributed by atoms with Crippen LogP contribution in [-0.2, 0) is 32.6 Å². The summed E-state index contributed by atoms with van der Waals surface area (Å²) >= 11 is 19.0. The molecule has 4 aromatic carbocycles. The fourth-order valence-corrected chi connectivity index (χ4v) is 6.93. The Morgan fingerprint density at radius 1 is 0.848 bits per heavy atom. The number of rotatable bonds is 13. The molecule has 0 radical (unpaired) electrons. The first kappa shape index (κ1) is 35.1. The summed E-state index contributed by atoms with van der Waals surface area (Å²) in [6.45, 7) is 2.85. The van der Waals surface area contributed by atoms with Crippen molar-refractivity contribution in [3.8, 4) is 5.75 Å². The van der Waals surface area contributed by atoms with Crippen molar-refractivity contribution in [2.75, 3.05) is 18.0 Å². The molecule has 0 spiro atoms. The van der Waals surface area contributed by atoms with Gasteiger partial charge < -0.3 is 15.0 Å². The topological polar surface area (TPSA) is 96.0 Å². The Labute approximate surface area is 284 Å². The Morgan fingerprint density at radius 3 is 2.07 bits per heavy atom. The van der Waals surface area contributed by atoms with E-state index in [1.807, 2.05) is 44.2 Å². The molecule has 1 N–H and O–H groups in total. The van der Waals surface area contributed by atoms with Crippen LogP contribution in [-0.4, -0.2) is 50.9 Å². The Morgan fingerprint density at radius 2 is 1.46 bits per heavy atom. The van der Waals surface area contributed by atoms with Gasteiger partial charge >= 0.3 is 0 Å². The van der Waals surface area contributed by atoms with Gasteiger partial charge in [-0.25, -0.2) is 8.42 Å². The number of nitrogens with one attached hydrogen (secondary N) is 1. The molecule has 242 valence electrons. The zero-order valence-corrected chi connectivity index (χ0v) is 28.6. The minimum absolute atomic E-state index is 0.0458. The monoisotopic (exact) mass is 701 g/mol. The molecule has 46 heavy (non-hydrogen) atoms. The van der Waals surface area contributed by atoms with Gasteiger partial charge in [0.05, 0.1) is 17.7 Å². The number of methoxy groups -OCH3 is 1. The molecule has 0 bridgehead atoms. The van der Waals surface area contributed by atoms with Crippen molar-refractivity contribution in [3.63, 3.8) is 0 Å². The minimum Gasteiger partial charge on any atom is -0.495 e. The quantitative estimate of drug-likeness (QED) is 0.162. The van der Waals surface area contributed by atoms with Gasteiger partial charge in [0.2, 0.25) is 11.8 Å². The van der Waals surface area contributed by atoms with Gasteiger partial charge in [-0.05, 0) is 67.4 Å². The minimum atomic E-state index is -4.34. The fraction of sp³-hybridized carbons (Fsp3) is 0.235. The maximum Gasteiger partial charge on any atom is 0.264 e. The summed E-state index contributed by atoms with van der Waals surface area (Å²) in [7, 11) is -2.95. The number of anilines is 1. The summed E-state index contributed by atoms with van der Waals surface area (Å²) in [5, 5.41) is 3.85. The molecule has 0 aliphatic heterocycles. The van der Waals surface area contributed by atoms with Crippen molar-refractivity contribution >= 4 is 62.3 Å². The lowest BCUT2D eigenvalue weighted by Gasteiger charge is -2.34. The van der Waals surface area contributed by atoms with Crippen molar-refractivity contribution in [1.82, 2.24) is 10.2 Å². The Bertz CT molecular complexity index is 1770. The highest BCUT2D eigenvalue weighted by molar-refractivity contribution is 7.92. The lowest BCUT2D eigenvalue weighted by atomic mass is 10.0. The lowest BCUT2D eigenvalue weighted by molar-refractivity contribution is -0.140. The number of carbonyl (C=O) groups is 2. The van der Waals surface area contributed by atoms with E-state index in [-0.39, 0.29) is 40.4 Å². The largest absolute Gasteiger partial charge is 0.495 e. The van der Waals surface area contributed by atoms with Crippen molar-refractivity contribution in [2.45, 2.75) is 43.8 Å². The van der Waals surface area contributed by atoms with E-state index in [4.69, 9.17) is 39.5 Å². The van der Waals surface area contributed by atoms with Crippen LogP contribution in [0.1, 0.15) is 25.0 Å². The molecule has 0 saturated heterocycles. The molecule has 8 nitrogen and oxygen atoms in total. The molecule has 0 aliphatic rings. The second-order valence-corrected chi connectivity index (χ2v) is 13.9. The standard InChI is InChI=1S/C34H34Cl3N3O5S/c1-23(2)38-34(42)31(18-24-10-6-4-7-11-24)39(21-25-14-15-26(35)19-29(25)37)33(41)22-40(30-20-27(36)16-17-32(30)45-3)46(43,44)28-12-8-5-9-13-28/h4-17,19-20,23,31H,18,21-22H2,1-3H3,(H,38,42)/t31-/m1/s1. The van der Waals surface area contributed by atoms with E-state index in [9.17, 15) is 18.0 Å². The average Bonchev–Trinajstić information content (AvgIpc) is 3.02. The van der Waals surface area contributed by atoms with Crippen LogP contribution in [0.4, 0.5) is 5.69 Å². The van der Waals surface area contributed by atoms with Gasteiger partial charge in [-0.1, -0.05) is 89.4 Å². The maximum atomic E-state index is 14.6. The van der Waals surface area contributed by atoms with E-state index in [0.717, 1.165) is 9.87 Å². The predicted octanol–water partition coefficient (Wildman–Crippen LogP) is 7.02. The van der Waals surface area contributed by atoms with Crippen molar-refractivity contribution in [3.05, 3.63) is 123 Å². The summed E-state index contributed by atoms with van der Waals surface area (Å²) in [6.07, 6.45) is 0.155. The first-order valence-electron chi connectivity index (χ1n) is 14.4. The summed E-state index contributed by atoms with van der Waals surface area (Å²) < 4.78 is 34.9. The van der Waals surface area contributed by atoms with E-state index < -0.39 is 34.4 Å². The van der Waals surface area contributed by atoms with Gasteiger partial charge in [-0.15, -0.1) is 0 Å². The van der Waals surface area contributed by atoms with Crippen molar-refractivity contribution in [2.24, 2.45) is 0 Å². The van der Waals surface area contributed by atoms with Gasteiger partial charge in [-0.2, -0.15) is 0 Å². The highest BCUT2D eigenvalue weighted by atomic mass is 35.5. The van der Waals surface area contributed by atoms with Gasteiger partial charge in [0.1, 0.15) is 18.3 Å². The first-order valence-corrected chi connectivity index (χ1v) is 17.0. The zero-order valence-electron chi connectivity index (χ0n) is 25.5. The molecule has 2 amide bonds. The Balaban J connectivity index is 1.87. The molecular formula is C34H34Cl3N3O5S. The van der Waals surface area contributed by atoms with Gasteiger partial charge in [0.15, 0.2) is 0 Å². The highest BCUT2D eigenvalue weighted by Crippen LogP contribution is 2.35. The number of carbonyl (C=O) groups excluding carboxylic acids is 2. The molecule has 1 atom stereocenters. The number of amides is 2. The van der Waals surface area contributed by atoms with E-state index in [2.05, 4.69) is 5.32 Å². The second kappa shape index (κ2) is 15.7. The molecule has 0 heterocycles. The van der Waals surface area contributed by atoms with Crippen LogP contribution >= 0.6 is 34.8 Å². The smallest absolute Gasteiger partial charge is 0.264 e. The van der Waals surface area contributed by atoms with Crippen LogP contribution in [0.2, 0.25) is 15.1 Å². The molecule has 0 fully saturated rings. The van der Waals surface area contributed by atoms with Crippen LogP contribution in [0.25, 0.3) is 0 Å². The molecule has 12 heteroatoms. The number of sulfonamides is 1. The highest BCUT2D eigenvalue weighted by Gasteiger charge is 2.36. The van der Waals surface area contributed by atoms with Crippen molar-refractivity contribution in [1.29, 1.82) is 0 Å². The summed E-state index contributed by atoms with van der Waals surface area (Å²) in [5.74, 6) is -0.884. The summed E-state index contributed by atoms with van der Waals surface area (Å²) in [6, 6.07) is 25.1. The Kier molecular flexibility index (Phi) is 12.0. The normalized spacial score (nSPS) is 12.0. The number of ether oxygens (including phenoxy) is 1. The van der Waals surface area contributed by atoms with Gasteiger partial charge in [0.25, 0.3) is 10.0 Å². The number of nitrogens with zero attached hydrogens (tertiary/aromatic N) is 2. The summed E-state index contributed by atoms with van der Waals surface area (Å²) in [4.78, 5) is 29.7. The maximum absolute atomic E-state index is 14.6. The van der Waals surface area contributed by atoms with Gasteiger partial charge in [0, 0.05) is 34.1 Å². The number of hydrogen-bond donors (Lipinski definition) is 1. The van der Waals surface area contributed by atoms with Crippen LogP contribution in [0.5, 0.6) is 5.75 Å². The fourth-order valence-electron chi connectivity index (χ4n) is 4.86. The zero-order chi connectivity index (χ0) is 33.4. The third kappa shape index (κ3) is 8.73. The second-order valence-electron chi connectivity index (χ2n) is 10.8. The average molecular weight is 703 g/mol. The molecule has 0 aromatic heterocycles. The molecule has 4 aromatic rings. The van der Waals surface area contributed by atoms with E-state index in [1.54, 1.807) is 42.5 Å². The van der Waals surface area contributed by atoms with E-state index in [0.29, 0.717) is 15.6 Å². The molecule has 0 saturated carbocycles. The first-order chi connectivity index (χ1) is 21.9. The Hall–Kier alpha value is -3.76. The van der Waals surface area contributed by atoms with Gasteiger partial charge in [-0.3, -0.25) is 13.9 Å². The van der Waals surface area contributed by atoms with Crippen LogP contribution < -0.4 is 14.4 Å². The number of halogens is 3. The molecule has 4 rings (SSSR count). The molecular weight excluding hydrogens is 669 g/mol. The predicted molar refractivity (Wildman–Crippen MR) is 183 cm³/mol. The lowest BCUT2D eigenvalue weighted by Crippen LogP contribution is -2.54. The SMILES string of the molecule is COc1ccc(Cl)cc1N(CC(=O)N(Cc1ccc(Cl)cc1Cl)[C@H](Cc1ccccc1)C(=O)NC(C)C)S(=O)(=O)c1ccccc1. The third-order valence-electron chi connectivity index (χ3n) is 7.08. The summed E-state index contributed by atoms with van der Waals surface area (Å²) in [5.41, 5.74) is 1.38. The number of benzene rings is 4. The van der Waals surface area contributed by atoms with Crippen LogP contribution in [0, 0.1) is 0 Å². The van der Waals surface area contributed by atoms with E-state index in [1.165, 1.54) is 36.3 Å². The third-order valence-corrected chi connectivity index (χ3v) is 9.67. The van der Waals surface area contributed by atoms with Crippen molar-refractivity contribution < 1.29 is 22.7 Å². The molecule has 0 unspecified atom stereocenters. The van der Waals surface area contributed by atoms with E-state index >= 15 is 0 Å².